The molecular weight excluding hydrogens is 208 g/mol. The van der Waals surface area contributed by atoms with E-state index in [1.54, 1.807) is 6.92 Å². The second kappa shape index (κ2) is 6.75. The summed E-state index contributed by atoms with van der Waals surface area (Å²) in [4.78, 5) is 0. The maximum Gasteiger partial charge on any atom is 0.125 e. The number of rotatable bonds is 6. The van der Waals surface area contributed by atoms with Crippen molar-refractivity contribution in [3.63, 3.8) is 0 Å². The van der Waals surface area contributed by atoms with Gasteiger partial charge >= 0.3 is 0 Å². The van der Waals surface area contributed by atoms with Crippen molar-refractivity contribution in [3.05, 3.63) is 29.8 Å². The van der Waals surface area contributed by atoms with Crippen molar-refractivity contribution in [2.45, 2.75) is 19.4 Å². The Hall–Kier alpha value is -0.670. The molecule has 0 heterocycles. The molecule has 0 saturated heterocycles. The number of aliphatic hydroxyl groups excluding tert-OH is 1. The minimum Gasteiger partial charge on any atom is -0.493 e. The van der Waals surface area contributed by atoms with Gasteiger partial charge in [0, 0.05) is 5.56 Å². The van der Waals surface area contributed by atoms with Gasteiger partial charge in [-0.25, -0.2) is 0 Å². The van der Waals surface area contributed by atoms with Crippen LogP contribution in [0.2, 0.25) is 0 Å². The third-order valence-corrected chi connectivity index (χ3v) is 2.82. The topological polar surface area (TPSA) is 29.5 Å². The highest BCUT2D eigenvalue weighted by Gasteiger charge is 2.07. The van der Waals surface area contributed by atoms with E-state index in [0.717, 1.165) is 23.5 Å². The summed E-state index contributed by atoms with van der Waals surface area (Å²) in [5.74, 6) is 1.91. The average Bonchev–Trinajstić information content (AvgIpc) is 2.25. The summed E-state index contributed by atoms with van der Waals surface area (Å²) in [6.45, 7) is 2.47. The van der Waals surface area contributed by atoms with Gasteiger partial charge in [-0.3, -0.25) is 0 Å². The van der Waals surface area contributed by atoms with Crippen LogP contribution in [0.25, 0.3) is 0 Å². The van der Waals surface area contributed by atoms with Crippen molar-refractivity contribution in [1.82, 2.24) is 0 Å². The van der Waals surface area contributed by atoms with Gasteiger partial charge < -0.3 is 9.84 Å². The van der Waals surface area contributed by atoms with Crippen molar-refractivity contribution in [2.24, 2.45) is 0 Å². The first kappa shape index (κ1) is 12.4. The van der Waals surface area contributed by atoms with Crippen molar-refractivity contribution < 1.29 is 9.84 Å². The normalized spacial score (nSPS) is 12.5. The Morgan fingerprint density at radius 1 is 1.40 bits per heavy atom. The summed E-state index contributed by atoms with van der Waals surface area (Å²) < 4.78 is 5.63. The zero-order valence-electron chi connectivity index (χ0n) is 9.27. The molecule has 0 aliphatic rings. The molecule has 1 atom stereocenters. The van der Waals surface area contributed by atoms with Crippen LogP contribution >= 0.6 is 11.8 Å². The van der Waals surface area contributed by atoms with E-state index in [4.69, 9.17) is 4.74 Å². The summed E-state index contributed by atoms with van der Waals surface area (Å²) in [5, 5.41) is 9.52. The molecular formula is C12H18O2S. The fourth-order valence-corrected chi connectivity index (χ4v) is 1.75. The van der Waals surface area contributed by atoms with E-state index in [9.17, 15) is 5.11 Å². The average molecular weight is 226 g/mol. The molecule has 1 rings (SSSR count). The van der Waals surface area contributed by atoms with Crippen LogP contribution in [0.1, 0.15) is 25.0 Å². The Labute approximate surface area is 95.7 Å². The van der Waals surface area contributed by atoms with Gasteiger partial charge in [-0.1, -0.05) is 18.2 Å². The minimum atomic E-state index is -0.471. The number of hydrogen-bond acceptors (Lipinski definition) is 3. The van der Waals surface area contributed by atoms with Crippen LogP contribution in [0.3, 0.4) is 0 Å². The predicted molar refractivity (Wildman–Crippen MR) is 65.6 cm³/mol. The van der Waals surface area contributed by atoms with Gasteiger partial charge in [0.1, 0.15) is 5.75 Å². The summed E-state index contributed by atoms with van der Waals surface area (Å²) in [5.41, 5.74) is 0.863. The highest BCUT2D eigenvalue weighted by Crippen LogP contribution is 2.24. The molecule has 1 N–H and O–H groups in total. The molecule has 1 aromatic rings. The molecule has 0 aliphatic heterocycles. The molecule has 0 spiro atoms. The summed E-state index contributed by atoms with van der Waals surface area (Å²) in [6, 6.07) is 7.64. The van der Waals surface area contributed by atoms with E-state index in [0.29, 0.717) is 6.61 Å². The highest BCUT2D eigenvalue weighted by molar-refractivity contribution is 7.98. The molecule has 1 aromatic carbocycles. The number of aliphatic hydroxyl groups is 1. The fourth-order valence-electron chi connectivity index (χ4n) is 1.34. The smallest absolute Gasteiger partial charge is 0.125 e. The summed E-state index contributed by atoms with van der Waals surface area (Å²) in [7, 11) is 0. The molecule has 2 nitrogen and oxygen atoms in total. The third-order valence-electron chi connectivity index (χ3n) is 2.12. The van der Waals surface area contributed by atoms with Gasteiger partial charge in [0.2, 0.25) is 0 Å². The zero-order chi connectivity index (χ0) is 11.1. The quantitative estimate of drug-likeness (QED) is 0.756. The van der Waals surface area contributed by atoms with Crippen LogP contribution in [-0.4, -0.2) is 23.7 Å². The van der Waals surface area contributed by atoms with Crippen molar-refractivity contribution >= 4 is 11.8 Å². The number of para-hydroxylation sites is 1. The Balaban J connectivity index is 2.52. The minimum absolute atomic E-state index is 0.471. The highest BCUT2D eigenvalue weighted by atomic mass is 32.2. The summed E-state index contributed by atoms with van der Waals surface area (Å²) in [6.07, 6.45) is 2.65. The van der Waals surface area contributed by atoms with E-state index >= 15 is 0 Å². The first-order valence-electron chi connectivity index (χ1n) is 5.14. The third kappa shape index (κ3) is 4.14. The van der Waals surface area contributed by atoms with Crippen LogP contribution < -0.4 is 4.74 Å². The van der Waals surface area contributed by atoms with Gasteiger partial charge in [0.05, 0.1) is 12.7 Å². The van der Waals surface area contributed by atoms with Crippen LogP contribution in [0.15, 0.2) is 24.3 Å². The molecule has 84 valence electrons. The lowest BCUT2D eigenvalue weighted by Gasteiger charge is -2.12. The van der Waals surface area contributed by atoms with Gasteiger partial charge in [0.15, 0.2) is 0 Å². The van der Waals surface area contributed by atoms with E-state index < -0.39 is 6.10 Å². The van der Waals surface area contributed by atoms with Crippen LogP contribution in [-0.2, 0) is 0 Å². The van der Waals surface area contributed by atoms with Crippen molar-refractivity contribution in [2.75, 3.05) is 18.6 Å². The molecule has 3 heteroatoms. The lowest BCUT2D eigenvalue weighted by molar-refractivity contribution is 0.191. The second-order valence-electron chi connectivity index (χ2n) is 3.41. The lowest BCUT2D eigenvalue weighted by atomic mass is 10.1. The first-order chi connectivity index (χ1) is 7.25. The van der Waals surface area contributed by atoms with Crippen LogP contribution in [0.5, 0.6) is 5.75 Å². The van der Waals surface area contributed by atoms with Gasteiger partial charge in [-0.15, -0.1) is 0 Å². The van der Waals surface area contributed by atoms with Gasteiger partial charge in [-0.2, -0.15) is 11.8 Å². The predicted octanol–water partition coefficient (Wildman–Crippen LogP) is 2.87. The fraction of sp³-hybridized carbons (Fsp3) is 0.500. The van der Waals surface area contributed by atoms with Crippen molar-refractivity contribution in [1.29, 1.82) is 0 Å². The molecule has 0 fully saturated rings. The molecule has 15 heavy (non-hydrogen) atoms. The van der Waals surface area contributed by atoms with Crippen molar-refractivity contribution in [3.8, 4) is 5.75 Å². The number of ether oxygens (including phenoxy) is 1. The number of benzene rings is 1. The first-order valence-corrected chi connectivity index (χ1v) is 6.54. The Kier molecular flexibility index (Phi) is 5.58. The Bertz CT molecular complexity index is 287. The van der Waals surface area contributed by atoms with Gasteiger partial charge in [-0.05, 0) is 31.4 Å². The van der Waals surface area contributed by atoms with Gasteiger partial charge in [0.25, 0.3) is 0 Å². The maximum absolute atomic E-state index is 9.52. The Morgan fingerprint density at radius 2 is 2.13 bits per heavy atom. The van der Waals surface area contributed by atoms with E-state index in [1.807, 2.05) is 36.0 Å². The van der Waals surface area contributed by atoms with E-state index in [2.05, 4.69) is 6.26 Å². The molecule has 0 amide bonds. The summed E-state index contributed by atoms with van der Waals surface area (Å²) >= 11 is 1.82. The largest absolute Gasteiger partial charge is 0.493 e. The molecule has 0 saturated carbocycles. The van der Waals surface area contributed by atoms with Crippen LogP contribution in [0, 0.1) is 0 Å². The molecule has 0 bridgehead atoms. The lowest BCUT2D eigenvalue weighted by Crippen LogP contribution is -2.02. The van der Waals surface area contributed by atoms with Crippen LogP contribution in [0.4, 0.5) is 0 Å². The Morgan fingerprint density at radius 3 is 2.80 bits per heavy atom. The zero-order valence-corrected chi connectivity index (χ0v) is 10.1. The second-order valence-corrected chi connectivity index (χ2v) is 4.39. The molecule has 0 aromatic heterocycles. The number of thioether (sulfide) groups is 1. The molecule has 0 unspecified atom stereocenters. The monoisotopic (exact) mass is 226 g/mol. The molecule has 0 radical (unpaired) electrons. The number of hydrogen-bond donors (Lipinski definition) is 1. The SMILES string of the molecule is CSCCCOc1ccccc1[C@@H](C)O. The van der Waals surface area contributed by atoms with E-state index in [1.165, 1.54) is 0 Å². The standard InChI is InChI=1S/C12H18O2S/c1-10(13)11-6-3-4-7-12(11)14-8-5-9-15-2/h3-4,6-7,10,13H,5,8-9H2,1-2H3/t10-/m1/s1. The van der Waals surface area contributed by atoms with E-state index in [-0.39, 0.29) is 0 Å². The maximum atomic E-state index is 9.52. The molecule has 0 aliphatic carbocycles.